The van der Waals surface area contributed by atoms with Crippen molar-refractivity contribution in [3.05, 3.63) is 30.1 Å². The molecule has 102 valence electrons. The van der Waals surface area contributed by atoms with Gasteiger partial charge in [0.25, 0.3) is 0 Å². The largest absolute Gasteiger partial charge is 0.396 e. The molecule has 1 aromatic rings. The van der Waals surface area contributed by atoms with Crippen molar-refractivity contribution in [2.24, 2.45) is 5.92 Å². The van der Waals surface area contributed by atoms with Crippen LogP contribution in [0.5, 0.6) is 0 Å². The first-order valence-electron chi connectivity index (χ1n) is 6.01. The molecule has 1 unspecified atom stereocenters. The smallest absolute Gasteiger partial charge is 0.211 e. The molecule has 0 aliphatic carbocycles. The third-order valence-electron chi connectivity index (χ3n) is 2.63. The molecule has 0 spiro atoms. The van der Waals surface area contributed by atoms with E-state index in [-0.39, 0.29) is 18.3 Å². The van der Waals surface area contributed by atoms with Crippen LogP contribution in [0.4, 0.5) is 0 Å². The highest BCUT2D eigenvalue weighted by atomic mass is 32.2. The first-order valence-corrected chi connectivity index (χ1v) is 7.67. The van der Waals surface area contributed by atoms with Crippen molar-refractivity contribution in [3.63, 3.8) is 0 Å². The number of hydrogen-bond donors (Lipinski definition) is 2. The van der Waals surface area contributed by atoms with Gasteiger partial charge < -0.3 is 5.11 Å². The molecule has 18 heavy (non-hydrogen) atoms. The summed E-state index contributed by atoms with van der Waals surface area (Å²) in [6.07, 6.45) is 2.66. The van der Waals surface area contributed by atoms with Gasteiger partial charge in [-0.3, -0.25) is 4.98 Å². The summed E-state index contributed by atoms with van der Waals surface area (Å²) in [4.78, 5) is 4.08. The molecule has 0 aliphatic rings. The van der Waals surface area contributed by atoms with Gasteiger partial charge in [-0.15, -0.1) is 0 Å². The lowest BCUT2D eigenvalue weighted by Gasteiger charge is -2.11. The van der Waals surface area contributed by atoms with Crippen molar-refractivity contribution in [3.8, 4) is 0 Å². The summed E-state index contributed by atoms with van der Waals surface area (Å²) in [5, 5.41) is 8.73. The average Bonchev–Trinajstić information content (AvgIpc) is 2.36. The maximum Gasteiger partial charge on any atom is 0.211 e. The Morgan fingerprint density at radius 3 is 2.83 bits per heavy atom. The third kappa shape index (κ3) is 6.09. The van der Waals surface area contributed by atoms with Crippen molar-refractivity contribution in [2.45, 2.75) is 19.8 Å². The summed E-state index contributed by atoms with van der Waals surface area (Å²) in [7, 11) is -3.26. The summed E-state index contributed by atoms with van der Waals surface area (Å²) in [5.74, 6) is 0.176. The molecule has 1 rings (SSSR count). The lowest BCUT2D eigenvalue weighted by atomic mass is 10.1. The first kappa shape index (κ1) is 15.1. The second-order valence-corrected chi connectivity index (χ2v) is 6.28. The van der Waals surface area contributed by atoms with E-state index >= 15 is 0 Å². The van der Waals surface area contributed by atoms with Gasteiger partial charge in [-0.25, -0.2) is 13.1 Å². The fourth-order valence-electron chi connectivity index (χ4n) is 1.45. The van der Waals surface area contributed by atoms with Crippen LogP contribution in [-0.2, 0) is 16.4 Å². The van der Waals surface area contributed by atoms with Crippen molar-refractivity contribution in [1.82, 2.24) is 9.71 Å². The Balaban J connectivity index is 2.36. The van der Waals surface area contributed by atoms with Crippen LogP contribution in [0.2, 0.25) is 0 Å². The van der Waals surface area contributed by atoms with Crippen molar-refractivity contribution >= 4 is 10.0 Å². The number of pyridine rings is 1. The molecule has 2 N–H and O–H groups in total. The van der Waals surface area contributed by atoms with E-state index in [0.29, 0.717) is 19.4 Å². The number of hydrogen-bond acceptors (Lipinski definition) is 4. The minimum Gasteiger partial charge on any atom is -0.396 e. The van der Waals surface area contributed by atoms with Gasteiger partial charge in [0.1, 0.15) is 0 Å². The minimum atomic E-state index is -3.26. The van der Waals surface area contributed by atoms with Crippen molar-refractivity contribution < 1.29 is 13.5 Å². The molecule has 0 aromatic carbocycles. The Morgan fingerprint density at radius 2 is 2.22 bits per heavy atom. The predicted octanol–water partition coefficient (Wildman–Crippen LogP) is 0.562. The molecule has 1 aromatic heterocycles. The molecule has 0 fully saturated rings. The van der Waals surface area contributed by atoms with E-state index < -0.39 is 10.0 Å². The van der Waals surface area contributed by atoms with Crippen LogP contribution in [0.15, 0.2) is 24.4 Å². The lowest BCUT2D eigenvalue weighted by molar-refractivity contribution is 0.263. The molecular formula is C12H20N2O3S. The number of nitrogens with zero attached hydrogens (tertiary/aromatic N) is 1. The Kier molecular flexibility index (Phi) is 6.24. The normalized spacial score (nSPS) is 13.4. The Hall–Kier alpha value is -0.980. The van der Waals surface area contributed by atoms with Gasteiger partial charge >= 0.3 is 0 Å². The van der Waals surface area contributed by atoms with E-state index in [4.69, 9.17) is 5.11 Å². The molecule has 6 heteroatoms. The van der Waals surface area contributed by atoms with E-state index in [1.807, 2.05) is 19.1 Å². The molecule has 0 radical (unpaired) electrons. The summed E-state index contributed by atoms with van der Waals surface area (Å²) in [6, 6.07) is 5.45. The molecule has 0 saturated heterocycles. The number of aryl methyl sites for hydroxylation is 1. The molecular weight excluding hydrogens is 252 g/mol. The quantitative estimate of drug-likeness (QED) is 0.725. The van der Waals surface area contributed by atoms with Crippen LogP contribution in [0.3, 0.4) is 0 Å². The number of rotatable bonds is 8. The summed E-state index contributed by atoms with van der Waals surface area (Å²) in [5.41, 5.74) is 0.770. The van der Waals surface area contributed by atoms with Crippen molar-refractivity contribution in [2.75, 3.05) is 18.9 Å². The van der Waals surface area contributed by atoms with Gasteiger partial charge in [0, 0.05) is 31.5 Å². The fraction of sp³-hybridized carbons (Fsp3) is 0.583. The second kappa shape index (κ2) is 7.45. The molecule has 1 heterocycles. The van der Waals surface area contributed by atoms with Gasteiger partial charge in [-0.2, -0.15) is 0 Å². The number of nitrogens with one attached hydrogen (secondary N) is 1. The Morgan fingerprint density at radius 1 is 1.44 bits per heavy atom. The van der Waals surface area contributed by atoms with Crippen molar-refractivity contribution in [1.29, 1.82) is 0 Å². The SMILES string of the molecule is CC(CCO)CNS(=O)(=O)CCc1ccccn1. The Bertz CT molecular complexity index is 434. The monoisotopic (exact) mass is 272 g/mol. The second-order valence-electron chi connectivity index (χ2n) is 4.36. The topological polar surface area (TPSA) is 79.3 Å². The first-order chi connectivity index (χ1) is 8.53. The molecule has 0 saturated carbocycles. The van der Waals surface area contributed by atoms with Crippen LogP contribution in [0.1, 0.15) is 19.0 Å². The Labute approximate surface area is 108 Å². The zero-order chi connectivity index (χ0) is 13.4. The molecule has 0 amide bonds. The molecule has 0 aliphatic heterocycles. The van der Waals surface area contributed by atoms with Gasteiger partial charge in [0.05, 0.1) is 5.75 Å². The zero-order valence-electron chi connectivity index (χ0n) is 10.5. The van der Waals surface area contributed by atoms with Crippen LogP contribution in [0, 0.1) is 5.92 Å². The van der Waals surface area contributed by atoms with E-state index in [1.165, 1.54) is 0 Å². The average molecular weight is 272 g/mol. The maximum atomic E-state index is 11.7. The summed E-state index contributed by atoms with van der Waals surface area (Å²) in [6.45, 7) is 2.35. The van der Waals surface area contributed by atoms with Crippen LogP contribution in [0.25, 0.3) is 0 Å². The number of aliphatic hydroxyl groups is 1. The van der Waals surface area contributed by atoms with Crippen LogP contribution in [-0.4, -0.2) is 37.4 Å². The zero-order valence-corrected chi connectivity index (χ0v) is 11.4. The summed E-state index contributed by atoms with van der Waals surface area (Å²) < 4.78 is 26.0. The highest BCUT2D eigenvalue weighted by Gasteiger charge is 2.12. The maximum absolute atomic E-state index is 11.7. The number of aromatic nitrogens is 1. The van der Waals surface area contributed by atoms with Gasteiger partial charge in [0.15, 0.2) is 0 Å². The van der Waals surface area contributed by atoms with E-state index in [1.54, 1.807) is 12.3 Å². The lowest BCUT2D eigenvalue weighted by Crippen LogP contribution is -2.31. The number of aliphatic hydroxyl groups excluding tert-OH is 1. The fourth-order valence-corrected chi connectivity index (χ4v) is 2.61. The molecule has 5 nitrogen and oxygen atoms in total. The van der Waals surface area contributed by atoms with Gasteiger partial charge in [-0.1, -0.05) is 13.0 Å². The molecule has 1 atom stereocenters. The van der Waals surface area contributed by atoms with E-state index in [9.17, 15) is 8.42 Å². The highest BCUT2D eigenvalue weighted by Crippen LogP contribution is 2.01. The van der Waals surface area contributed by atoms with Crippen LogP contribution < -0.4 is 4.72 Å². The van der Waals surface area contributed by atoms with Crippen LogP contribution >= 0.6 is 0 Å². The molecule has 0 bridgehead atoms. The van der Waals surface area contributed by atoms with Gasteiger partial charge in [-0.05, 0) is 24.5 Å². The minimum absolute atomic E-state index is 0.0376. The van der Waals surface area contributed by atoms with Gasteiger partial charge in [0.2, 0.25) is 10.0 Å². The van der Waals surface area contributed by atoms with E-state index in [2.05, 4.69) is 9.71 Å². The summed E-state index contributed by atoms with van der Waals surface area (Å²) >= 11 is 0. The highest BCUT2D eigenvalue weighted by molar-refractivity contribution is 7.89. The van der Waals surface area contributed by atoms with E-state index in [0.717, 1.165) is 5.69 Å². The standard InChI is InChI=1S/C12H20N2O3S/c1-11(5-8-15)10-14-18(16,17)9-6-12-4-2-3-7-13-12/h2-4,7,11,14-15H,5-6,8-10H2,1H3. The number of sulfonamides is 1. The predicted molar refractivity (Wildman–Crippen MR) is 70.6 cm³/mol. The third-order valence-corrected chi connectivity index (χ3v) is 3.97.